The number of benzene rings is 1. The largest absolute Gasteiger partial charge is 0.455 e. The van der Waals surface area contributed by atoms with E-state index in [2.05, 4.69) is 10.9 Å². The van der Waals surface area contributed by atoms with Gasteiger partial charge in [0.05, 0.1) is 11.0 Å². The number of ether oxygens (including phenoxy) is 1. The van der Waals surface area contributed by atoms with Crippen LogP contribution in [0.15, 0.2) is 30.3 Å². The molecule has 7 nitrogen and oxygen atoms in total. The zero-order chi connectivity index (χ0) is 19.1. The van der Waals surface area contributed by atoms with E-state index in [1.165, 1.54) is 0 Å². The van der Waals surface area contributed by atoms with Crippen LogP contribution in [0.5, 0.6) is 0 Å². The lowest BCUT2D eigenvalue weighted by atomic mass is 9.48. The molecule has 0 aliphatic heterocycles. The lowest BCUT2D eigenvalue weighted by molar-refractivity contribution is -0.196. The van der Waals surface area contributed by atoms with E-state index in [1.54, 1.807) is 30.3 Å². The summed E-state index contributed by atoms with van der Waals surface area (Å²) < 4.78 is 5.26. The van der Waals surface area contributed by atoms with Crippen molar-refractivity contribution in [1.82, 2.24) is 10.9 Å². The molecule has 3 N–H and O–H groups in total. The van der Waals surface area contributed by atoms with Crippen molar-refractivity contribution in [3.05, 3.63) is 35.9 Å². The molecule has 4 aliphatic carbocycles. The molecule has 1 aromatic rings. The second-order valence-electron chi connectivity index (χ2n) is 8.41. The van der Waals surface area contributed by atoms with Crippen molar-refractivity contribution < 1.29 is 24.2 Å². The molecule has 4 fully saturated rings. The molecule has 5 rings (SSSR count). The summed E-state index contributed by atoms with van der Waals surface area (Å²) in [7, 11) is 0. The van der Waals surface area contributed by atoms with E-state index in [0.717, 1.165) is 32.1 Å². The Balaban J connectivity index is 1.28. The number of aliphatic hydroxyl groups is 1. The third kappa shape index (κ3) is 3.56. The van der Waals surface area contributed by atoms with Gasteiger partial charge in [-0.05, 0) is 62.5 Å². The van der Waals surface area contributed by atoms with Gasteiger partial charge in [-0.25, -0.2) is 0 Å². The zero-order valence-corrected chi connectivity index (χ0v) is 15.1. The third-order valence-electron chi connectivity index (χ3n) is 6.15. The van der Waals surface area contributed by atoms with Crippen LogP contribution in [-0.4, -0.2) is 35.1 Å². The number of carbonyl (C=O) groups excluding carboxylic acids is 3. The van der Waals surface area contributed by atoms with Gasteiger partial charge in [-0.2, -0.15) is 0 Å². The summed E-state index contributed by atoms with van der Waals surface area (Å²) in [5.74, 6) is -0.722. The van der Waals surface area contributed by atoms with Gasteiger partial charge in [0.1, 0.15) is 0 Å². The van der Waals surface area contributed by atoms with Crippen LogP contribution in [0.2, 0.25) is 0 Å². The Morgan fingerprint density at radius 3 is 2.33 bits per heavy atom. The van der Waals surface area contributed by atoms with E-state index in [4.69, 9.17) is 4.74 Å². The van der Waals surface area contributed by atoms with Gasteiger partial charge >= 0.3 is 5.97 Å². The Kier molecular flexibility index (Phi) is 4.42. The highest BCUT2D eigenvalue weighted by molar-refractivity contribution is 5.95. The Labute approximate surface area is 157 Å². The van der Waals surface area contributed by atoms with E-state index in [0.29, 0.717) is 23.8 Å². The maximum Gasteiger partial charge on any atom is 0.312 e. The average Bonchev–Trinajstić information content (AvgIpc) is 2.62. The fourth-order valence-corrected chi connectivity index (χ4v) is 5.56. The summed E-state index contributed by atoms with van der Waals surface area (Å²) in [5.41, 5.74) is 3.54. The molecule has 27 heavy (non-hydrogen) atoms. The molecule has 0 saturated heterocycles. The van der Waals surface area contributed by atoms with Crippen LogP contribution in [0.25, 0.3) is 0 Å². The number of amides is 2. The number of rotatable bonds is 4. The maximum atomic E-state index is 12.7. The topological polar surface area (TPSA) is 105 Å². The van der Waals surface area contributed by atoms with Crippen LogP contribution >= 0.6 is 0 Å². The molecule has 0 spiro atoms. The lowest BCUT2D eigenvalue weighted by Gasteiger charge is -2.58. The molecule has 7 heteroatoms. The highest BCUT2D eigenvalue weighted by Crippen LogP contribution is 2.61. The zero-order valence-electron chi connectivity index (χ0n) is 15.1. The number of hydrazine groups is 1. The van der Waals surface area contributed by atoms with E-state index in [1.807, 2.05) is 0 Å². The molecule has 0 heterocycles. The van der Waals surface area contributed by atoms with Crippen molar-refractivity contribution in [2.45, 2.75) is 44.1 Å². The summed E-state index contributed by atoms with van der Waals surface area (Å²) in [6, 6.07) is 8.48. The first-order chi connectivity index (χ1) is 12.9. The highest BCUT2D eigenvalue weighted by atomic mass is 16.5. The molecule has 2 atom stereocenters. The van der Waals surface area contributed by atoms with E-state index >= 15 is 0 Å². The van der Waals surface area contributed by atoms with Gasteiger partial charge in [-0.3, -0.25) is 25.2 Å². The number of esters is 1. The van der Waals surface area contributed by atoms with Crippen molar-refractivity contribution in [3.8, 4) is 0 Å². The highest BCUT2D eigenvalue weighted by Gasteiger charge is 2.60. The van der Waals surface area contributed by atoms with Crippen LogP contribution in [0, 0.1) is 17.3 Å². The quantitative estimate of drug-likeness (QED) is 0.546. The number of hydrogen-bond donors (Lipinski definition) is 3. The molecule has 0 aromatic heterocycles. The predicted molar refractivity (Wildman–Crippen MR) is 95.1 cm³/mol. The Hall–Kier alpha value is -2.41. The second kappa shape index (κ2) is 6.64. The molecule has 144 valence electrons. The Morgan fingerprint density at radius 2 is 1.70 bits per heavy atom. The molecule has 4 saturated carbocycles. The molecule has 1 aromatic carbocycles. The van der Waals surface area contributed by atoms with Gasteiger partial charge in [0.15, 0.2) is 6.61 Å². The van der Waals surface area contributed by atoms with Gasteiger partial charge in [0, 0.05) is 5.56 Å². The number of hydrogen-bond acceptors (Lipinski definition) is 5. The first kappa shape index (κ1) is 18.0. The van der Waals surface area contributed by atoms with Crippen molar-refractivity contribution >= 4 is 17.8 Å². The average molecular weight is 372 g/mol. The molecular formula is C20H24N2O5. The number of carbonyl (C=O) groups is 3. The summed E-state index contributed by atoms with van der Waals surface area (Å²) in [6.45, 7) is -0.455. The minimum Gasteiger partial charge on any atom is -0.455 e. The molecule has 2 amide bonds. The van der Waals surface area contributed by atoms with Crippen LogP contribution in [0.1, 0.15) is 48.9 Å². The first-order valence-corrected chi connectivity index (χ1v) is 9.41. The SMILES string of the molecule is O=C(COC(=O)C12CC3CC(CC(O)(C3)C1)C2)NNC(=O)c1ccccc1. The molecule has 4 aliphatic rings. The van der Waals surface area contributed by atoms with Gasteiger partial charge in [-0.15, -0.1) is 0 Å². The van der Waals surface area contributed by atoms with Gasteiger partial charge < -0.3 is 9.84 Å². The van der Waals surface area contributed by atoms with Crippen LogP contribution in [0.3, 0.4) is 0 Å². The second-order valence-corrected chi connectivity index (χ2v) is 8.41. The fraction of sp³-hybridized carbons (Fsp3) is 0.550. The Bertz CT molecular complexity index is 749. The van der Waals surface area contributed by atoms with Crippen LogP contribution in [0.4, 0.5) is 0 Å². The maximum absolute atomic E-state index is 12.7. The minimum atomic E-state index is -0.755. The summed E-state index contributed by atoms with van der Waals surface area (Å²) in [5, 5.41) is 10.7. The molecule has 0 radical (unpaired) electrons. The first-order valence-electron chi connectivity index (χ1n) is 9.41. The van der Waals surface area contributed by atoms with Crippen LogP contribution in [-0.2, 0) is 14.3 Å². The number of nitrogens with one attached hydrogen (secondary N) is 2. The summed E-state index contributed by atoms with van der Waals surface area (Å²) in [4.78, 5) is 36.5. The monoisotopic (exact) mass is 372 g/mol. The summed E-state index contributed by atoms with van der Waals surface area (Å²) >= 11 is 0. The standard InChI is InChI=1S/C20H24N2O5/c23-16(21-22-17(24)15-4-2-1-3-5-15)11-27-18(25)19-7-13-6-14(8-19)10-20(26,9-13)12-19/h1-5,13-14,26H,6-12H2,(H,21,23)(H,22,24). The van der Waals surface area contributed by atoms with Crippen molar-refractivity contribution in [3.63, 3.8) is 0 Å². The molecule has 2 unspecified atom stereocenters. The van der Waals surface area contributed by atoms with Crippen molar-refractivity contribution in [2.75, 3.05) is 6.61 Å². The van der Waals surface area contributed by atoms with Crippen LogP contribution < -0.4 is 10.9 Å². The van der Waals surface area contributed by atoms with Gasteiger partial charge in [-0.1, -0.05) is 18.2 Å². The fourth-order valence-electron chi connectivity index (χ4n) is 5.56. The normalized spacial score (nSPS) is 33.4. The van der Waals surface area contributed by atoms with Crippen molar-refractivity contribution in [1.29, 1.82) is 0 Å². The van der Waals surface area contributed by atoms with Gasteiger partial charge in [0.25, 0.3) is 11.8 Å². The molecule has 4 bridgehead atoms. The molecular weight excluding hydrogens is 348 g/mol. The minimum absolute atomic E-state index is 0.364. The van der Waals surface area contributed by atoms with E-state index in [-0.39, 0.29) is 0 Å². The Morgan fingerprint density at radius 1 is 1.04 bits per heavy atom. The smallest absolute Gasteiger partial charge is 0.312 e. The van der Waals surface area contributed by atoms with E-state index in [9.17, 15) is 19.5 Å². The van der Waals surface area contributed by atoms with E-state index < -0.39 is 35.4 Å². The summed E-state index contributed by atoms with van der Waals surface area (Å²) in [6.07, 6.45) is 4.50. The van der Waals surface area contributed by atoms with Gasteiger partial charge in [0.2, 0.25) is 0 Å². The predicted octanol–water partition coefficient (Wildman–Crippen LogP) is 1.32. The lowest BCUT2D eigenvalue weighted by Crippen LogP contribution is -2.58. The third-order valence-corrected chi connectivity index (χ3v) is 6.15. The van der Waals surface area contributed by atoms with Crippen molar-refractivity contribution in [2.24, 2.45) is 17.3 Å².